The van der Waals surface area contributed by atoms with Crippen LogP contribution in [0, 0.1) is 11.7 Å². The number of imide groups is 1. The zero-order valence-corrected chi connectivity index (χ0v) is 22.5. The van der Waals surface area contributed by atoms with Crippen LogP contribution in [0.15, 0.2) is 52.3 Å². The van der Waals surface area contributed by atoms with Gasteiger partial charge in [-0.15, -0.1) is 0 Å². The summed E-state index contributed by atoms with van der Waals surface area (Å²) in [6.45, 7) is 0.270. The Kier molecular flexibility index (Phi) is 8.59. The molecule has 2 aliphatic heterocycles. The van der Waals surface area contributed by atoms with E-state index in [-0.39, 0.29) is 57.5 Å². The lowest BCUT2D eigenvalue weighted by molar-refractivity contribution is -0.127. The number of nitrogens with zero attached hydrogens (tertiary/aromatic N) is 2. The number of rotatable bonds is 7. The molecule has 2 fully saturated rings. The van der Waals surface area contributed by atoms with Crippen molar-refractivity contribution in [2.24, 2.45) is 5.92 Å². The fraction of sp³-hybridized carbons (Fsp3) is 0.292. The summed E-state index contributed by atoms with van der Waals surface area (Å²) in [6.07, 6.45) is 1.93. The molecule has 1 N–H and O–H groups in total. The first-order valence-electron chi connectivity index (χ1n) is 11.3. The zero-order valence-electron chi connectivity index (χ0n) is 19.3. The van der Waals surface area contributed by atoms with Crippen molar-refractivity contribution in [1.29, 1.82) is 0 Å². The number of benzene rings is 2. The zero-order chi connectivity index (χ0) is 26.7. The van der Waals surface area contributed by atoms with Crippen LogP contribution in [0.2, 0.25) is 10.0 Å². The number of piperidine rings is 1. The van der Waals surface area contributed by atoms with Gasteiger partial charge in [0.05, 0.1) is 15.0 Å². The van der Waals surface area contributed by atoms with Crippen molar-refractivity contribution in [3.05, 3.63) is 68.8 Å². The third-order valence-electron chi connectivity index (χ3n) is 6.06. The maximum absolute atomic E-state index is 13.9. The Labute approximate surface area is 227 Å². The van der Waals surface area contributed by atoms with Crippen molar-refractivity contribution in [2.45, 2.75) is 17.7 Å². The van der Waals surface area contributed by atoms with Gasteiger partial charge in [-0.1, -0.05) is 47.5 Å². The van der Waals surface area contributed by atoms with Crippen molar-refractivity contribution in [3.8, 4) is 0 Å². The van der Waals surface area contributed by atoms with E-state index in [0.717, 1.165) is 4.90 Å². The van der Waals surface area contributed by atoms with E-state index in [1.807, 2.05) is 0 Å². The second kappa shape index (κ2) is 11.5. The Morgan fingerprint density at radius 3 is 2.51 bits per heavy atom. The molecule has 0 radical (unpaired) electrons. The first-order chi connectivity index (χ1) is 17.6. The van der Waals surface area contributed by atoms with Crippen LogP contribution in [0.4, 0.5) is 9.18 Å². The quantitative estimate of drug-likeness (QED) is 0.483. The summed E-state index contributed by atoms with van der Waals surface area (Å²) in [4.78, 5) is 38.6. The van der Waals surface area contributed by atoms with E-state index < -0.39 is 32.9 Å². The van der Waals surface area contributed by atoms with Gasteiger partial charge < -0.3 is 5.32 Å². The fourth-order valence-corrected chi connectivity index (χ4v) is 7.10. The summed E-state index contributed by atoms with van der Waals surface area (Å²) in [5.74, 6) is -1.76. The molecule has 2 heterocycles. The predicted octanol–water partition coefficient (Wildman–Crippen LogP) is 4.39. The van der Waals surface area contributed by atoms with Crippen LogP contribution in [-0.4, -0.2) is 60.9 Å². The number of carbonyl (C=O) groups is 3. The van der Waals surface area contributed by atoms with E-state index in [4.69, 9.17) is 23.2 Å². The SMILES string of the molecule is O=C(NCCN1C(=O)SC(=Cc2ccccc2F)C1=O)C1CCN(S(=O)(=O)c2cccc(Cl)c2Cl)CC1. The maximum Gasteiger partial charge on any atom is 0.293 e. The highest BCUT2D eigenvalue weighted by molar-refractivity contribution is 8.18. The topological polar surface area (TPSA) is 104 Å². The van der Waals surface area contributed by atoms with Crippen LogP contribution in [0.3, 0.4) is 0 Å². The van der Waals surface area contributed by atoms with E-state index in [0.29, 0.717) is 24.6 Å². The molecule has 2 aromatic carbocycles. The maximum atomic E-state index is 13.9. The molecule has 2 aliphatic rings. The molecule has 0 aromatic heterocycles. The van der Waals surface area contributed by atoms with E-state index in [1.54, 1.807) is 6.07 Å². The lowest BCUT2D eigenvalue weighted by Crippen LogP contribution is -2.44. The average molecular weight is 586 g/mol. The number of hydrogen-bond acceptors (Lipinski definition) is 6. The normalized spacial score (nSPS) is 18.6. The minimum Gasteiger partial charge on any atom is -0.354 e. The molecule has 0 saturated carbocycles. The van der Waals surface area contributed by atoms with Gasteiger partial charge in [0.1, 0.15) is 10.7 Å². The lowest BCUT2D eigenvalue weighted by atomic mass is 9.97. The Bertz CT molecular complexity index is 1380. The summed E-state index contributed by atoms with van der Waals surface area (Å²) in [5.41, 5.74) is 0.201. The molecule has 196 valence electrons. The van der Waals surface area contributed by atoms with Gasteiger partial charge in [0.25, 0.3) is 11.1 Å². The van der Waals surface area contributed by atoms with Crippen molar-refractivity contribution in [3.63, 3.8) is 0 Å². The van der Waals surface area contributed by atoms with Crippen LogP contribution in [0.25, 0.3) is 6.08 Å². The average Bonchev–Trinajstić information content (AvgIpc) is 3.14. The molecular weight excluding hydrogens is 564 g/mol. The number of halogens is 3. The summed E-state index contributed by atoms with van der Waals surface area (Å²) in [6, 6.07) is 10.3. The fourth-order valence-electron chi connectivity index (χ4n) is 4.04. The molecule has 0 spiro atoms. The number of hydrogen-bond donors (Lipinski definition) is 1. The number of nitrogens with one attached hydrogen (secondary N) is 1. The van der Waals surface area contributed by atoms with Crippen molar-refractivity contribution >= 4 is 68.1 Å². The van der Waals surface area contributed by atoms with Crippen molar-refractivity contribution in [1.82, 2.24) is 14.5 Å². The Balaban J connectivity index is 1.28. The van der Waals surface area contributed by atoms with E-state index in [9.17, 15) is 27.2 Å². The van der Waals surface area contributed by atoms with Gasteiger partial charge in [-0.25, -0.2) is 12.8 Å². The largest absolute Gasteiger partial charge is 0.354 e. The van der Waals surface area contributed by atoms with Gasteiger partial charge in [-0.2, -0.15) is 4.31 Å². The molecule has 0 aliphatic carbocycles. The number of amides is 3. The van der Waals surface area contributed by atoms with Crippen LogP contribution in [-0.2, 0) is 19.6 Å². The highest BCUT2D eigenvalue weighted by Crippen LogP contribution is 2.33. The smallest absolute Gasteiger partial charge is 0.293 e. The molecule has 37 heavy (non-hydrogen) atoms. The van der Waals surface area contributed by atoms with Gasteiger partial charge in [0.2, 0.25) is 15.9 Å². The van der Waals surface area contributed by atoms with E-state index in [2.05, 4.69) is 5.32 Å². The monoisotopic (exact) mass is 585 g/mol. The molecule has 2 saturated heterocycles. The summed E-state index contributed by atoms with van der Waals surface area (Å²) in [7, 11) is -3.86. The molecule has 8 nitrogen and oxygen atoms in total. The van der Waals surface area contributed by atoms with Crippen LogP contribution in [0.5, 0.6) is 0 Å². The molecule has 0 bridgehead atoms. The van der Waals surface area contributed by atoms with Crippen LogP contribution < -0.4 is 5.32 Å². The van der Waals surface area contributed by atoms with Crippen molar-refractivity contribution in [2.75, 3.05) is 26.2 Å². The Morgan fingerprint density at radius 1 is 1.11 bits per heavy atom. The molecule has 0 atom stereocenters. The van der Waals surface area contributed by atoms with Gasteiger partial charge >= 0.3 is 0 Å². The van der Waals surface area contributed by atoms with E-state index in [1.165, 1.54) is 46.8 Å². The predicted molar refractivity (Wildman–Crippen MR) is 140 cm³/mol. The second-order valence-electron chi connectivity index (χ2n) is 8.38. The Morgan fingerprint density at radius 2 is 1.81 bits per heavy atom. The molecule has 0 unspecified atom stereocenters. The first-order valence-corrected chi connectivity index (χ1v) is 14.3. The molecule has 13 heteroatoms. The van der Waals surface area contributed by atoms with Crippen molar-refractivity contribution < 1.29 is 27.2 Å². The van der Waals surface area contributed by atoms with Gasteiger partial charge in [0, 0.05) is 37.7 Å². The number of sulfonamides is 1. The summed E-state index contributed by atoms with van der Waals surface area (Å²) in [5, 5.41) is 2.31. The number of carbonyl (C=O) groups excluding carboxylic acids is 3. The lowest BCUT2D eigenvalue weighted by Gasteiger charge is -2.31. The molecular formula is C24H22Cl2FN3O5S2. The van der Waals surface area contributed by atoms with Gasteiger partial charge in [-0.05, 0) is 48.9 Å². The third-order valence-corrected chi connectivity index (χ3v) is 9.84. The first kappa shape index (κ1) is 27.6. The molecule has 2 aromatic rings. The minimum absolute atomic E-state index is 0.0362. The third kappa shape index (κ3) is 6.01. The summed E-state index contributed by atoms with van der Waals surface area (Å²) < 4.78 is 41.1. The molecule has 3 amide bonds. The van der Waals surface area contributed by atoms with Crippen LogP contribution in [0.1, 0.15) is 18.4 Å². The Hall–Kier alpha value is -2.44. The highest BCUT2D eigenvalue weighted by Gasteiger charge is 2.36. The number of thioether (sulfide) groups is 1. The highest BCUT2D eigenvalue weighted by atomic mass is 35.5. The van der Waals surface area contributed by atoms with Crippen LogP contribution >= 0.6 is 35.0 Å². The standard InChI is InChI=1S/C24H22Cl2FN3O5S2/c25-17-5-3-7-20(21(17)26)37(34,35)29-11-8-15(9-12-29)22(31)28-10-13-30-23(32)19(36-24(30)33)14-16-4-1-2-6-18(16)27/h1-7,14-15H,8-13H2,(H,28,31). The van der Waals surface area contributed by atoms with Gasteiger partial charge in [-0.3, -0.25) is 19.3 Å². The molecule has 4 rings (SSSR count). The second-order valence-corrected chi connectivity index (χ2v) is 12.1. The minimum atomic E-state index is -3.86. The summed E-state index contributed by atoms with van der Waals surface area (Å²) >= 11 is 12.8. The van der Waals surface area contributed by atoms with Gasteiger partial charge in [0.15, 0.2) is 0 Å². The van der Waals surface area contributed by atoms with E-state index >= 15 is 0 Å².